The monoisotopic (exact) mass is 245 g/mol. The van der Waals surface area contributed by atoms with E-state index in [0.29, 0.717) is 11.4 Å². The van der Waals surface area contributed by atoms with E-state index in [1.54, 1.807) is 37.5 Å². The number of benzene rings is 1. The smallest absolute Gasteiger partial charge is 0.333 e. The molecule has 2 aliphatic rings. The van der Waals surface area contributed by atoms with Gasteiger partial charge in [-0.2, -0.15) is 0 Å². The lowest BCUT2D eigenvalue weighted by atomic mass is 9.96. The van der Waals surface area contributed by atoms with Gasteiger partial charge in [-0.15, -0.1) is 0 Å². The molecule has 5 nitrogen and oxygen atoms in total. The van der Waals surface area contributed by atoms with Gasteiger partial charge in [0.1, 0.15) is 5.75 Å². The van der Waals surface area contributed by atoms with E-state index >= 15 is 0 Å². The molecule has 1 aromatic rings. The van der Waals surface area contributed by atoms with Crippen molar-refractivity contribution in [3.63, 3.8) is 0 Å². The van der Waals surface area contributed by atoms with Crippen molar-refractivity contribution in [3.05, 3.63) is 36.4 Å². The molecule has 0 aromatic heterocycles. The third kappa shape index (κ3) is 1.40. The normalized spacial score (nSPS) is 25.3. The van der Waals surface area contributed by atoms with Crippen molar-refractivity contribution < 1.29 is 19.1 Å². The van der Waals surface area contributed by atoms with Crippen molar-refractivity contribution in [1.29, 1.82) is 0 Å². The highest BCUT2D eigenvalue weighted by molar-refractivity contribution is 6.05. The molecule has 5 heteroatoms. The second-order valence-corrected chi connectivity index (χ2v) is 4.20. The third-order valence-corrected chi connectivity index (χ3v) is 3.12. The van der Waals surface area contributed by atoms with E-state index in [9.17, 15) is 9.59 Å². The first-order valence-corrected chi connectivity index (χ1v) is 5.54. The molecule has 92 valence electrons. The fourth-order valence-corrected chi connectivity index (χ4v) is 2.24. The minimum Gasteiger partial charge on any atom is -0.497 e. The van der Waals surface area contributed by atoms with Crippen molar-refractivity contribution in [3.8, 4) is 5.75 Å². The largest absolute Gasteiger partial charge is 0.497 e. The molecule has 0 radical (unpaired) electrons. The van der Waals surface area contributed by atoms with Gasteiger partial charge < -0.3 is 9.47 Å². The Morgan fingerprint density at radius 2 is 2.00 bits per heavy atom. The number of methoxy groups -OCH3 is 1. The molecule has 0 N–H and O–H groups in total. The first kappa shape index (κ1) is 10.8. The Morgan fingerprint density at radius 3 is 2.50 bits per heavy atom. The minimum atomic E-state index is -0.914. The summed E-state index contributed by atoms with van der Waals surface area (Å²) in [7, 11) is 1.58. The Bertz CT molecular complexity index is 549. The second-order valence-electron chi connectivity index (χ2n) is 4.20. The predicted octanol–water partition coefficient (Wildman–Crippen LogP) is 1.24. The maximum atomic E-state index is 11.7. The van der Waals surface area contributed by atoms with E-state index in [0.717, 1.165) is 0 Å². The molecule has 1 amide bonds. The van der Waals surface area contributed by atoms with E-state index in [1.807, 2.05) is 0 Å². The van der Waals surface area contributed by atoms with Gasteiger partial charge >= 0.3 is 5.97 Å². The highest BCUT2D eigenvalue weighted by Crippen LogP contribution is 2.41. The van der Waals surface area contributed by atoms with Gasteiger partial charge in [0, 0.05) is 11.8 Å². The van der Waals surface area contributed by atoms with Gasteiger partial charge in [0.25, 0.3) is 0 Å². The van der Waals surface area contributed by atoms with Crippen LogP contribution in [0.3, 0.4) is 0 Å². The van der Waals surface area contributed by atoms with Crippen LogP contribution in [0, 0.1) is 0 Å². The minimum absolute atomic E-state index is 0.0699. The average molecular weight is 245 g/mol. The molecule has 0 aliphatic carbocycles. The standard InChI is InChI=1S/C13H11NO4/c1-17-10-4-2-9(3-5-10)14-11(15)8-13(14)7-6-12(16)18-13/h2-7H,8H2,1H3. The van der Waals surface area contributed by atoms with Crippen molar-refractivity contribution in [1.82, 2.24) is 0 Å². The number of hydrogen-bond donors (Lipinski definition) is 0. The van der Waals surface area contributed by atoms with Crippen molar-refractivity contribution in [2.24, 2.45) is 0 Å². The average Bonchev–Trinajstić information content (AvgIpc) is 2.73. The van der Waals surface area contributed by atoms with Crippen molar-refractivity contribution >= 4 is 17.6 Å². The van der Waals surface area contributed by atoms with Gasteiger partial charge in [-0.05, 0) is 30.3 Å². The number of anilines is 1. The lowest BCUT2D eigenvalue weighted by Gasteiger charge is -2.46. The Morgan fingerprint density at radius 1 is 1.28 bits per heavy atom. The van der Waals surface area contributed by atoms with Crippen LogP contribution in [0.25, 0.3) is 0 Å². The molecule has 18 heavy (non-hydrogen) atoms. The Hall–Kier alpha value is -2.30. The van der Waals surface area contributed by atoms with Gasteiger partial charge in [0.15, 0.2) is 0 Å². The highest BCUT2D eigenvalue weighted by atomic mass is 16.6. The van der Waals surface area contributed by atoms with E-state index in [4.69, 9.17) is 9.47 Å². The molecule has 2 aliphatic heterocycles. The summed E-state index contributed by atoms with van der Waals surface area (Å²) in [6.45, 7) is 0. The molecular weight excluding hydrogens is 234 g/mol. The fraction of sp³-hybridized carbons (Fsp3) is 0.231. The van der Waals surface area contributed by atoms with Crippen molar-refractivity contribution in [2.75, 3.05) is 12.0 Å². The molecule has 1 unspecified atom stereocenters. The molecule has 0 bridgehead atoms. The number of nitrogens with zero attached hydrogens (tertiary/aromatic N) is 1. The molecule has 1 atom stereocenters. The number of amides is 1. The summed E-state index contributed by atoms with van der Waals surface area (Å²) < 4.78 is 10.3. The SMILES string of the molecule is COc1ccc(N2C(=O)CC23C=CC(=O)O3)cc1. The third-order valence-electron chi connectivity index (χ3n) is 3.12. The number of carbonyl (C=O) groups excluding carboxylic acids is 2. The summed E-state index contributed by atoms with van der Waals surface area (Å²) in [5.74, 6) is 0.222. The molecule has 2 heterocycles. The quantitative estimate of drug-likeness (QED) is 0.581. The molecule has 1 spiro atoms. The highest BCUT2D eigenvalue weighted by Gasteiger charge is 2.55. The molecule has 3 rings (SSSR count). The predicted molar refractivity (Wildman–Crippen MR) is 63.1 cm³/mol. The Kier molecular flexibility index (Phi) is 2.16. The lowest BCUT2D eigenvalue weighted by Crippen LogP contribution is -2.63. The lowest BCUT2D eigenvalue weighted by molar-refractivity contribution is -0.156. The van der Waals surface area contributed by atoms with E-state index < -0.39 is 11.7 Å². The van der Waals surface area contributed by atoms with Crippen LogP contribution in [0.15, 0.2) is 36.4 Å². The van der Waals surface area contributed by atoms with Crippen LogP contribution in [0.5, 0.6) is 5.75 Å². The van der Waals surface area contributed by atoms with Crippen LogP contribution in [0.4, 0.5) is 5.69 Å². The van der Waals surface area contributed by atoms with Gasteiger partial charge in [0.2, 0.25) is 11.6 Å². The van der Waals surface area contributed by atoms with Crippen LogP contribution in [0.2, 0.25) is 0 Å². The van der Waals surface area contributed by atoms with Crippen molar-refractivity contribution in [2.45, 2.75) is 12.1 Å². The molecule has 1 aromatic carbocycles. The number of hydrogen-bond acceptors (Lipinski definition) is 4. The first-order chi connectivity index (χ1) is 8.64. The summed E-state index contributed by atoms with van der Waals surface area (Å²) in [6, 6.07) is 7.04. The van der Waals surface area contributed by atoms with E-state index in [2.05, 4.69) is 0 Å². The summed E-state index contributed by atoms with van der Waals surface area (Å²) in [5.41, 5.74) is -0.227. The van der Waals surface area contributed by atoms with Crippen LogP contribution < -0.4 is 9.64 Å². The number of rotatable bonds is 2. The van der Waals surface area contributed by atoms with Crippen LogP contribution >= 0.6 is 0 Å². The summed E-state index contributed by atoms with van der Waals surface area (Å²) in [4.78, 5) is 24.4. The zero-order valence-electron chi connectivity index (χ0n) is 9.75. The van der Waals surface area contributed by atoms with Crippen LogP contribution in [-0.4, -0.2) is 24.7 Å². The maximum absolute atomic E-state index is 11.7. The van der Waals surface area contributed by atoms with Crippen LogP contribution in [0.1, 0.15) is 6.42 Å². The van der Waals surface area contributed by atoms with E-state index in [-0.39, 0.29) is 12.3 Å². The number of β-lactam (4-membered cyclic amide) rings is 1. The molecule has 0 saturated carbocycles. The summed E-state index contributed by atoms with van der Waals surface area (Å²) >= 11 is 0. The maximum Gasteiger partial charge on any atom is 0.333 e. The zero-order valence-corrected chi connectivity index (χ0v) is 9.75. The molecule has 1 saturated heterocycles. The van der Waals surface area contributed by atoms with Gasteiger partial charge in [0.05, 0.1) is 13.5 Å². The Labute approximate surface area is 104 Å². The summed E-state index contributed by atoms with van der Waals surface area (Å²) in [6.07, 6.45) is 3.17. The Balaban J connectivity index is 1.92. The van der Waals surface area contributed by atoms with Gasteiger partial charge in [-0.25, -0.2) is 4.79 Å². The zero-order chi connectivity index (χ0) is 12.8. The topological polar surface area (TPSA) is 55.8 Å². The van der Waals surface area contributed by atoms with Gasteiger partial charge in [-0.3, -0.25) is 9.69 Å². The summed E-state index contributed by atoms with van der Waals surface area (Å²) in [5, 5.41) is 0. The van der Waals surface area contributed by atoms with Crippen LogP contribution in [-0.2, 0) is 14.3 Å². The van der Waals surface area contributed by atoms with Gasteiger partial charge in [-0.1, -0.05) is 0 Å². The first-order valence-electron chi connectivity index (χ1n) is 5.54. The second kappa shape index (κ2) is 3.60. The number of esters is 1. The molecule has 1 fully saturated rings. The van der Waals surface area contributed by atoms with E-state index in [1.165, 1.54) is 11.0 Å². The number of carbonyl (C=O) groups is 2. The fourth-order valence-electron chi connectivity index (χ4n) is 2.24. The molecular formula is C13H11NO4. The number of ether oxygens (including phenoxy) is 2.